The monoisotopic (exact) mass is 501 g/mol. The standard InChI is InChI=1S/C23H31N7O6/c24-20(33)14-8-9-19(32)30-12-4-7-17(30)23(36)26-11-3-6-16(21(34)27-13-18(31)28-14)29-22(35)15-5-1-2-10-25-15/h1-2,5,10,14,16-17H,3-4,6-9,11-13H2,(H2,24,33)(H,26,36)(H,27,34)(H,28,31)(H,29,35). The average Bonchev–Trinajstić information content (AvgIpc) is 3.36. The molecule has 6 N–H and O–H groups in total. The fraction of sp³-hybridized carbons (Fsp3) is 0.522. The number of aromatic nitrogens is 1. The highest BCUT2D eigenvalue weighted by molar-refractivity contribution is 5.97. The number of nitrogens with zero attached hydrogens (tertiary/aromatic N) is 2. The molecule has 2 fully saturated rings. The van der Waals surface area contributed by atoms with Crippen LogP contribution in [0.1, 0.15) is 49.0 Å². The first kappa shape index (κ1) is 26.6. The van der Waals surface area contributed by atoms with Gasteiger partial charge in [0, 0.05) is 25.7 Å². The van der Waals surface area contributed by atoms with E-state index in [1.54, 1.807) is 12.1 Å². The molecule has 2 saturated heterocycles. The van der Waals surface area contributed by atoms with Crippen molar-refractivity contribution in [1.82, 2.24) is 31.2 Å². The fourth-order valence-electron chi connectivity index (χ4n) is 4.20. The number of carbonyl (C=O) groups is 6. The minimum atomic E-state index is -1.12. The van der Waals surface area contributed by atoms with Gasteiger partial charge in [-0.1, -0.05) is 6.07 Å². The van der Waals surface area contributed by atoms with Crippen molar-refractivity contribution < 1.29 is 28.8 Å². The Kier molecular flexibility index (Phi) is 9.31. The Labute approximate surface area is 207 Å². The molecule has 0 aliphatic carbocycles. The Hall–Kier alpha value is -4.03. The lowest BCUT2D eigenvalue weighted by Gasteiger charge is -2.25. The van der Waals surface area contributed by atoms with Crippen LogP contribution in [-0.4, -0.2) is 83.1 Å². The van der Waals surface area contributed by atoms with Gasteiger partial charge in [-0.05, 0) is 44.2 Å². The summed E-state index contributed by atoms with van der Waals surface area (Å²) in [6, 6.07) is 2.03. The van der Waals surface area contributed by atoms with Crippen LogP contribution in [0, 0.1) is 0 Å². The molecule has 13 nitrogen and oxygen atoms in total. The van der Waals surface area contributed by atoms with Crippen LogP contribution < -0.4 is 27.0 Å². The average molecular weight is 502 g/mol. The first-order valence-corrected chi connectivity index (χ1v) is 11.9. The molecule has 2 aliphatic heterocycles. The number of pyridine rings is 1. The van der Waals surface area contributed by atoms with Crippen molar-refractivity contribution in [2.24, 2.45) is 5.73 Å². The summed E-state index contributed by atoms with van der Waals surface area (Å²) in [4.78, 5) is 80.4. The van der Waals surface area contributed by atoms with Crippen molar-refractivity contribution >= 4 is 35.4 Å². The highest BCUT2D eigenvalue weighted by Crippen LogP contribution is 2.19. The molecule has 0 spiro atoms. The number of amides is 6. The summed E-state index contributed by atoms with van der Waals surface area (Å²) in [5, 5.41) is 10.3. The summed E-state index contributed by atoms with van der Waals surface area (Å²) < 4.78 is 0. The smallest absolute Gasteiger partial charge is 0.270 e. The Morgan fingerprint density at radius 1 is 1.03 bits per heavy atom. The van der Waals surface area contributed by atoms with E-state index < -0.39 is 48.3 Å². The second-order valence-corrected chi connectivity index (χ2v) is 8.70. The zero-order valence-corrected chi connectivity index (χ0v) is 19.8. The van der Waals surface area contributed by atoms with E-state index in [0.717, 1.165) is 0 Å². The van der Waals surface area contributed by atoms with E-state index in [4.69, 9.17) is 5.73 Å². The molecule has 3 heterocycles. The third kappa shape index (κ3) is 7.23. The second-order valence-electron chi connectivity index (χ2n) is 8.70. The van der Waals surface area contributed by atoms with E-state index in [2.05, 4.69) is 26.3 Å². The Balaban J connectivity index is 1.74. The summed E-state index contributed by atoms with van der Waals surface area (Å²) in [7, 11) is 0. The van der Waals surface area contributed by atoms with Gasteiger partial charge >= 0.3 is 0 Å². The molecule has 1 aromatic rings. The Morgan fingerprint density at radius 3 is 2.56 bits per heavy atom. The van der Waals surface area contributed by atoms with Crippen LogP contribution in [0.15, 0.2) is 24.4 Å². The number of nitrogens with one attached hydrogen (secondary N) is 4. The van der Waals surface area contributed by atoms with Crippen molar-refractivity contribution in [3.8, 4) is 0 Å². The van der Waals surface area contributed by atoms with Crippen molar-refractivity contribution in [2.75, 3.05) is 19.6 Å². The lowest BCUT2D eigenvalue weighted by molar-refractivity contribution is -0.138. The number of rotatable bonds is 3. The number of nitrogens with two attached hydrogens (primary N) is 1. The van der Waals surface area contributed by atoms with E-state index in [-0.39, 0.29) is 43.3 Å². The molecule has 0 bridgehead atoms. The third-order valence-corrected chi connectivity index (χ3v) is 6.11. The Bertz CT molecular complexity index is 1000. The van der Waals surface area contributed by atoms with Gasteiger partial charge in [-0.15, -0.1) is 0 Å². The topological polar surface area (TPSA) is 193 Å². The van der Waals surface area contributed by atoms with Crippen molar-refractivity contribution in [1.29, 1.82) is 0 Å². The van der Waals surface area contributed by atoms with E-state index in [9.17, 15) is 28.8 Å². The lowest BCUT2D eigenvalue weighted by atomic mass is 10.1. The maximum Gasteiger partial charge on any atom is 0.270 e. The first-order chi connectivity index (χ1) is 17.3. The van der Waals surface area contributed by atoms with Crippen LogP contribution in [0.5, 0.6) is 0 Å². The van der Waals surface area contributed by atoms with Gasteiger partial charge in [-0.25, -0.2) is 0 Å². The molecular formula is C23H31N7O6. The van der Waals surface area contributed by atoms with E-state index in [1.165, 1.54) is 17.2 Å². The van der Waals surface area contributed by atoms with Crippen molar-refractivity contribution in [3.05, 3.63) is 30.1 Å². The van der Waals surface area contributed by atoms with Crippen LogP contribution in [0.3, 0.4) is 0 Å². The number of carbonyl (C=O) groups excluding carboxylic acids is 6. The summed E-state index contributed by atoms with van der Waals surface area (Å²) in [5.41, 5.74) is 5.50. The molecule has 3 unspecified atom stereocenters. The zero-order chi connectivity index (χ0) is 26.1. The predicted molar refractivity (Wildman–Crippen MR) is 126 cm³/mol. The summed E-state index contributed by atoms with van der Waals surface area (Å²) in [6.07, 6.45) is 3.03. The van der Waals surface area contributed by atoms with Crippen LogP contribution >= 0.6 is 0 Å². The molecule has 13 heteroatoms. The number of hydrogen-bond donors (Lipinski definition) is 5. The molecule has 3 atom stereocenters. The van der Waals surface area contributed by atoms with Gasteiger partial charge in [0.25, 0.3) is 5.91 Å². The Morgan fingerprint density at radius 2 is 1.83 bits per heavy atom. The predicted octanol–water partition coefficient (Wildman–Crippen LogP) is -2.05. The maximum atomic E-state index is 12.8. The normalized spacial score (nSPS) is 24.6. The highest BCUT2D eigenvalue weighted by atomic mass is 16.2. The first-order valence-electron chi connectivity index (χ1n) is 11.9. The summed E-state index contributed by atoms with van der Waals surface area (Å²) in [5.74, 6) is -3.28. The lowest BCUT2D eigenvalue weighted by Crippen LogP contribution is -2.51. The SMILES string of the molecule is NC(=O)C1CCC(=O)N2CCCC2C(=O)NCCCC(NC(=O)c2ccccn2)C(=O)NCC(=O)N1. The van der Waals surface area contributed by atoms with Crippen molar-refractivity contribution in [2.45, 2.75) is 56.7 Å². The maximum absolute atomic E-state index is 12.8. The fourth-order valence-corrected chi connectivity index (χ4v) is 4.20. The molecule has 0 aromatic carbocycles. The van der Waals surface area contributed by atoms with Crippen molar-refractivity contribution in [3.63, 3.8) is 0 Å². The van der Waals surface area contributed by atoms with Gasteiger partial charge in [-0.3, -0.25) is 33.8 Å². The quantitative estimate of drug-likeness (QED) is 0.314. The second kappa shape index (κ2) is 12.6. The molecular weight excluding hydrogens is 470 g/mol. The number of primary amides is 1. The van der Waals surface area contributed by atoms with Gasteiger partial charge < -0.3 is 31.9 Å². The molecule has 194 valence electrons. The molecule has 3 rings (SSSR count). The third-order valence-electron chi connectivity index (χ3n) is 6.11. The molecule has 36 heavy (non-hydrogen) atoms. The van der Waals surface area contributed by atoms with Gasteiger partial charge in [0.1, 0.15) is 23.8 Å². The number of fused-ring (bicyclic) bond motifs is 1. The molecule has 6 amide bonds. The molecule has 2 aliphatic rings. The van der Waals surface area contributed by atoms with Crippen LogP contribution in [-0.2, 0) is 24.0 Å². The minimum absolute atomic E-state index is 0.0402. The molecule has 1 aromatic heterocycles. The molecule has 0 radical (unpaired) electrons. The summed E-state index contributed by atoms with van der Waals surface area (Å²) in [6.45, 7) is 0.187. The van der Waals surface area contributed by atoms with E-state index in [0.29, 0.717) is 25.8 Å². The zero-order valence-electron chi connectivity index (χ0n) is 19.8. The van der Waals surface area contributed by atoms with E-state index >= 15 is 0 Å². The van der Waals surface area contributed by atoms with Gasteiger partial charge in [0.2, 0.25) is 29.5 Å². The minimum Gasteiger partial charge on any atom is -0.368 e. The van der Waals surface area contributed by atoms with Gasteiger partial charge in [0.15, 0.2) is 0 Å². The largest absolute Gasteiger partial charge is 0.368 e. The summed E-state index contributed by atoms with van der Waals surface area (Å²) >= 11 is 0. The van der Waals surface area contributed by atoms with Crippen LogP contribution in [0.4, 0.5) is 0 Å². The van der Waals surface area contributed by atoms with Gasteiger partial charge in [-0.2, -0.15) is 0 Å². The highest BCUT2D eigenvalue weighted by Gasteiger charge is 2.34. The van der Waals surface area contributed by atoms with Crippen LogP contribution in [0.2, 0.25) is 0 Å². The molecule has 0 saturated carbocycles. The number of hydrogen-bond acceptors (Lipinski definition) is 7. The van der Waals surface area contributed by atoms with Gasteiger partial charge in [0.05, 0.1) is 6.54 Å². The van der Waals surface area contributed by atoms with Crippen LogP contribution in [0.25, 0.3) is 0 Å². The van der Waals surface area contributed by atoms with E-state index in [1.807, 2.05) is 0 Å².